The van der Waals surface area contributed by atoms with Gasteiger partial charge in [-0.25, -0.2) is 0 Å². The molecule has 0 fully saturated rings. The van der Waals surface area contributed by atoms with Gasteiger partial charge in [0.2, 0.25) is 0 Å². The average Bonchev–Trinajstić information content (AvgIpc) is 2.21. The van der Waals surface area contributed by atoms with E-state index in [0.29, 0.717) is 0 Å². The summed E-state index contributed by atoms with van der Waals surface area (Å²) >= 11 is 0. The van der Waals surface area contributed by atoms with Crippen molar-refractivity contribution in [2.24, 2.45) is 5.73 Å². The first-order valence-electron chi connectivity index (χ1n) is 5.91. The second-order valence-electron chi connectivity index (χ2n) is 3.29. The van der Waals surface area contributed by atoms with Crippen molar-refractivity contribution in [3.8, 4) is 0 Å². The van der Waals surface area contributed by atoms with Crippen molar-refractivity contribution in [1.82, 2.24) is 0 Å². The van der Waals surface area contributed by atoms with Gasteiger partial charge < -0.3 is 31.3 Å². The maximum Gasteiger partial charge on any atom is 5.00 e. The first-order chi connectivity index (χ1) is 8.22. The third kappa shape index (κ3) is 411. The smallest absolute Gasteiger partial charge is 0.855 e. The van der Waals surface area contributed by atoms with E-state index < -0.39 is 5.54 Å². The van der Waals surface area contributed by atoms with Crippen LogP contribution in [0.25, 0.3) is 0 Å². The number of hydrogen-bond acceptors (Lipinski definition) is 6. The minimum atomic E-state index is -0.514. The Morgan fingerprint density at radius 2 is 0.737 bits per heavy atom. The number of rotatable bonds is 1. The molecule has 0 aromatic rings. The van der Waals surface area contributed by atoms with Crippen molar-refractivity contribution in [3.63, 3.8) is 0 Å². The summed E-state index contributed by atoms with van der Waals surface area (Å²) in [5, 5.41) is 45.5. The molecule has 118 valence electrons. The van der Waals surface area contributed by atoms with Crippen molar-refractivity contribution in [1.29, 1.82) is 0 Å². The maximum atomic E-state index is 9.83. The Balaban J connectivity index is -0.0000000287. The Bertz CT molecular complexity index is 84.7. The molecule has 0 saturated heterocycles. The normalized spacial score (nSPS) is 7.58. The van der Waals surface area contributed by atoms with Crippen LogP contribution >= 0.6 is 0 Å². The first kappa shape index (κ1) is 36.6. The van der Waals surface area contributed by atoms with Crippen LogP contribution in [0.4, 0.5) is 0 Å². The van der Waals surface area contributed by atoms with Crippen molar-refractivity contribution < 1.29 is 47.9 Å². The van der Waals surface area contributed by atoms with Crippen LogP contribution < -0.4 is 31.3 Å². The van der Waals surface area contributed by atoms with E-state index in [0.717, 1.165) is 0 Å². The van der Waals surface area contributed by atoms with Crippen molar-refractivity contribution >= 4 is 0 Å². The number of hydrogen-bond donors (Lipinski definition) is 1. The first-order valence-corrected chi connectivity index (χ1v) is 5.91. The monoisotopic (exact) mass is 361 g/mol. The van der Waals surface area contributed by atoms with Crippen molar-refractivity contribution in [3.05, 3.63) is 0 Å². The van der Waals surface area contributed by atoms with Gasteiger partial charge in [0.15, 0.2) is 0 Å². The van der Waals surface area contributed by atoms with Crippen LogP contribution in [0.15, 0.2) is 0 Å². The summed E-state index contributed by atoms with van der Waals surface area (Å²) in [7, 11) is 0. The number of nitrogens with two attached hydrogens (primary N) is 1. The Kier molecular flexibility index (Phi) is 82.6. The molecule has 0 amide bonds. The van der Waals surface area contributed by atoms with E-state index in [1.54, 1.807) is 41.5 Å². The molecule has 0 radical (unpaired) electrons. The van der Waals surface area contributed by atoms with Crippen molar-refractivity contribution in [2.75, 3.05) is 33.0 Å². The molecule has 0 aliphatic rings. The fourth-order valence-electron chi connectivity index (χ4n) is 0. The SMILES string of the molecule is CC(C)(N)C[O-].CC[O-].CC[O-].CC[O-].CC[O-].[Nb+5]. The molecular formula is C12H30NNbO5. The molecule has 0 unspecified atom stereocenters. The fraction of sp³-hybridized carbons (Fsp3) is 1.00. The average molecular weight is 361 g/mol. The fourth-order valence-corrected chi connectivity index (χ4v) is 0. The molecule has 0 aliphatic carbocycles. The molecule has 0 aromatic carbocycles. The van der Waals surface area contributed by atoms with Gasteiger partial charge in [0.1, 0.15) is 0 Å². The van der Waals surface area contributed by atoms with E-state index in [2.05, 4.69) is 0 Å². The van der Waals surface area contributed by atoms with Gasteiger partial charge in [0.05, 0.1) is 0 Å². The molecule has 6 nitrogen and oxygen atoms in total. The summed E-state index contributed by atoms with van der Waals surface area (Å²) in [6.45, 7) is 9.49. The van der Waals surface area contributed by atoms with E-state index in [4.69, 9.17) is 26.2 Å². The van der Waals surface area contributed by atoms with Crippen LogP contribution in [0.5, 0.6) is 0 Å². The maximum absolute atomic E-state index is 9.83. The minimum Gasteiger partial charge on any atom is -0.855 e. The van der Waals surface area contributed by atoms with Crippen LogP contribution in [0.2, 0.25) is 0 Å². The molecular weight excluding hydrogens is 331 g/mol. The minimum absolute atomic E-state index is 0. The molecule has 0 saturated carbocycles. The predicted molar refractivity (Wildman–Crippen MR) is 65.3 cm³/mol. The van der Waals surface area contributed by atoms with Crippen LogP contribution in [-0.2, 0) is 22.4 Å². The van der Waals surface area contributed by atoms with Gasteiger partial charge in [-0.2, -0.15) is 0 Å². The van der Waals surface area contributed by atoms with E-state index in [9.17, 15) is 5.11 Å². The van der Waals surface area contributed by atoms with Gasteiger partial charge in [0.25, 0.3) is 0 Å². The second-order valence-corrected chi connectivity index (χ2v) is 3.29. The van der Waals surface area contributed by atoms with E-state index in [1.165, 1.54) is 0 Å². The van der Waals surface area contributed by atoms with E-state index in [-0.39, 0.29) is 55.4 Å². The molecule has 2 N–H and O–H groups in total. The van der Waals surface area contributed by atoms with Gasteiger partial charge in [0, 0.05) is 0 Å². The Morgan fingerprint density at radius 3 is 0.737 bits per heavy atom. The molecule has 0 aromatic heterocycles. The summed E-state index contributed by atoms with van der Waals surface area (Å²) in [4.78, 5) is 0. The Hall–Kier alpha value is 0.500. The Morgan fingerprint density at radius 1 is 0.684 bits per heavy atom. The third-order valence-corrected chi connectivity index (χ3v) is 0.372. The summed E-state index contributed by atoms with van der Waals surface area (Å²) in [6, 6.07) is 0. The quantitative estimate of drug-likeness (QED) is 0.482. The topological polar surface area (TPSA) is 141 Å². The molecule has 0 bridgehead atoms. The van der Waals surface area contributed by atoms with Crippen LogP contribution in [-0.4, -0.2) is 38.6 Å². The van der Waals surface area contributed by atoms with Gasteiger partial charge in [-0.15, -0.1) is 33.0 Å². The molecule has 0 spiro atoms. The van der Waals surface area contributed by atoms with Gasteiger partial charge in [-0.1, -0.05) is 27.7 Å². The molecule has 0 aliphatic heterocycles. The zero-order chi connectivity index (χ0) is 16.0. The summed E-state index contributed by atoms with van der Waals surface area (Å²) in [5.74, 6) is 0. The molecule has 0 atom stereocenters. The van der Waals surface area contributed by atoms with Crippen molar-refractivity contribution in [2.45, 2.75) is 47.1 Å². The molecule has 7 heteroatoms. The zero-order valence-corrected chi connectivity index (χ0v) is 15.3. The standard InChI is InChI=1S/C4H10NO.4C2H5O.Nb/c1-4(2,5)3-6;4*1-2-3;/h3,5H2,1-2H3;4*2H2,1H3;/q5*-1;+5. The molecule has 19 heavy (non-hydrogen) atoms. The summed E-state index contributed by atoms with van der Waals surface area (Å²) in [5.41, 5.74) is 4.71. The van der Waals surface area contributed by atoms with Gasteiger partial charge >= 0.3 is 22.4 Å². The van der Waals surface area contributed by atoms with Gasteiger partial charge in [-0.3, -0.25) is 0 Å². The predicted octanol–water partition coefficient (Wildman–Crippen LogP) is -3.45. The second kappa shape index (κ2) is 42.8. The van der Waals surface area contributed by atoms with Crippen LogP contribution in [0, 0.1) is 0 Å². The van der Waals surface area contributed by atoms with Crippen LogP contribution in [0.1, 0.15) is 41.5 Å². The van der Waals surface area contributed by atoms with Crippen LogP contribution in [0.3, 0.4) is 0 Å². The Labute approximate surface area is 134 Å². The largest absolute Gasteiger partial charge is 5.00 e. The van der Waals surface area contributed by atoms with E-state index >= 15 is 0 Å². The molecule has 0 rings (SSSR count). The third-order valence-electron chi connectivity index (χ3n) is 0.372. The summed E-state index contributed by atoms with van der Waals surface area (Å²) in [6.07, 6.45) is 0. The van der Waals surface area contributed by atoms with E-state index in [1.807, 2.05) is 0 Å². The summed E-state index contributed by atoms with van der Waals surface area (Å²) < 4.78 is 0. The van der Waals surface area contributed by atoms with Gasteiger partial charge in [-0.05, 0) is 19.4 Å². The molecule has 0 heterocycles. The zero-order valence-electron chi connectivity index (χ0n) is 13.1.